The first-order valence-electron chi connectivity index (χ1n) is 14.0. The number of halogens is 6. The molecule has 0 bridgehead atoms. The predicted octanol–water partition coefficient (Wildman–Crippen LogP) is 5.13. The molecule has 0 unspecified atom stereocenters. The lowest BCUT2D eigenvalue weighted by molar-refractivity contribution is -0.209. The summed E-state index contributed by atoms with van der Waals surface area (Å²) in [5.74, 6) is -5.40. The van der Waals surface area contributed by atoms with E-state index in [1.165, 1.54) is 6.20 Å². The minimum atomic E-state index is -1.17. The Labute approximate surface area is 320 Å². The second kappa shape index (κ2) is 15.2. The second-order valence-electron chi connectivity index (χ2n) is 10.5. The van der Waals surface area contributed by atoms with Crippen molar-refractivity contribution in [1.82, 2.24) is 29.9 Å². The van der Waals surface area contributed by atoms with Crippen molar-refractivity contribution in [2.45, 2.75) is 6.54 Å². The number of benzene rings is 2. The molecule has 52 heavy (non-hydrogen) atoms. The third kappa shape index (κ3) is 7.43. The molecule has 3 heterocycles. The number of carboxylic acid groups (broad SMARTS) is 2. The van der Waals surface area contributed by atoms with Crippen LogP contribution >= 0.6 is 69.6 Å². The Bertz CT molecular complexity index is 2370. The van der Waals surface area contributed by atoms with Gasteiger partial charge in [0, 0.05) is 17.3 Å². The molecular weight excluding hydrogens is 813 g/mol. The topological polar surface area (TPSA) is 251 Å². The number of phenolic OH excluding ortho intramolecular Hbond substituents is 2. The molecule has 0 saturated heterocycles. The summed E-state index contributed by atoms with van der Waals surface area (Å²) < 4.78 is 2.02. The number of rotatable bonds is 13. The average molecular weight is 832 g/mol. The summed E-state index contributed by atoms with van der Waals surface area (Å²) in [6.45, 7) is -0.971. The number of hydrogen-bond acceptors (Lipinski definition) is 10. The van der Waals surface area contributed by atoms with E-state index in [0.717, 1.165) is 45.8 Å². The van der Waals surface area contributed by atoms with Crippen molar-refractivity contribution in [1.29, 1.82) is 0 Å². The molecule has 0 amide bonds. The molecule has 0 aliphatic carbocycles. The monoisotopic (exact) mass is 829 g/mol. The maximum atomic E-state index is 14.0. The highest BCUT2D eigenvalue weighted by Crippen LogP contribution is 2.42. The van der Waals surface area contributed by atoms with Crippen molar-refractivity contribution in [2.75, 3.05) is 6.54 Å². The third-order valence-corrected chi connectivity index (χ3v) is 9.26. The Balaban J connectivity index is 1.58. The van der Waals surface area contributed by atoms with Crippen LogP contribution in [0.3, 0.4) is 0 Å². The van der Waals surface area contributed by atoms with E-state index in [2.05, 4.69) is 25.7 Å². The van der Waals surface area contributed by atoms with Crippen LogP contribution in [0.5, 0.6) is 11.5 Å². The first kappa shape index (κ1) is 38.1. The van der Waals surface area contributed by atoms with Crippen molar-refractivity contribution >= 4 is 98.8 Å². The molecule has 8 N–H and O–H groups in total. The van der Waals surface area contributed by atoms with Crippen LogP contribution in [-0.4, -0.2) is 75.0 Å². The van der Waals surface area contributed by atoms with E-state index in [1.54, 1.807) is 0 Å². The van der Waals surface area contributed by atoms with E-state index in [4.69, 9.17) is 85.3 Å². The predicted molar refractivity (Wildman–Crippen MR) is 188 cm³/mol. The quantitative estimate of drug-likeness (QED) is 0.0605. The van der Waals surface area contributed by atoms with Crippen molar-refractivity contribution in [3.05, 3.63) is 101 Å². The molecule has 0 spiro atoms. The number of aliphatic carboxylic acids is 2. The zero-order valence-corrected chi connectivity index (χ0v) is 30.0. The highest BCUT2D eigenvalue weighted by atomic mass is 35.5. The van der Waals surface area contributed by atoms with E-state index < -0.39 is 48.1 Å². The van der Waals surface area contributed by atoms with Gasteiger partial charge in [-0.1, -0.05) is 74.8 Å². The van der Waals surface area contributed by atoms with Gasteiger partial charge in [0.2, 0.25) is 11.6 Å². The molecule has 0 atom stereocenters. The molecule has 22 heteroatoms. The number of carbonyl (C=O) groups excluding carboxylic acids is 2. The average Bonchev–Trinajstić information content (AvgIpc) is 3.75. The zero-order valence-electron chi connectivity index (χ0n) is 25.5. The van der Waals surface area contributed by atoms with Crippen LogP contribution in [-0.2, 0) is 16.1 Å². The standard InChI is InChI=1S/C30H18Cl6N8O8/c31-14-1-12(20(45)3-10(14)17(40-37)6-38-7-22(47)48)27(51)19-5-16(33)30(36)44(19)26-24(34)29(35)39-25(26)28(52)13-2-15(32)11(4-21(13)46)18-8-43(42-41-18)9-23(49)50/h1-6,8,37-39,45-46H,7,9H2,(H,47,48)(H,49,50)/p+1/b17-6-,40-37?. The number of aromatic nitrogens is 5. The number of aromatic hydroxyl groups is 2. The molecule has 5 rings (SSSR count). The molecule has 16 nitrogen and oxygen atoms in total. The Hall–Kier alpha value is -5.10. The summed E-state index contributed by atoms with van der Waals surface area (Å²) in [5, 5.41) is 52.0. The first-order valence-corrected chi connectivity index (χ1v) is 16.3. The van der Waals surface area contributed by atoms with Gasteiger partial charge in [0.25, 0.3) is 0 Å². The summed E-state index contributed by atoms with van der Waals surface area (Å²) in [6, 6.07) is 5.51. The number of nitrogens with two attached hydrogens (primary N) is 1. The maximum Gasteiger partial charge on any atom is 0.325 e. The molecule has 268 valence electrons. The molecule has 0 aliphatic rings. The molecule has 0 aliphatic heterocycles. The second-order valence-corrected chi connectivity index (χ2v) is 12.8. The largest absolute Gasteiger partial charge is 0.507 e. The number of aromatic amines is 1. The molecule has 2 aromatic carbocycles. The lowest BCUT2D eigenvalue weighted by Crippen LogP contribution is -2.24. The minimum absolute atomic E-state index is 0.0326. The number of carbonyl (C=O) groups is 4. The van der Waals surface area contributed by atoms with Gasteiger partial charge in [0.15, 0.2) is 5.70 Å². The Morgan fingerprint density at radius 1 is 0.865 bits per heavy atom. The minimum Gasteiger partial charge on any atom is -0.507 e. The molecule has 0 saturated carbocycles. The van der Waals surface area contributed by atoms with Crippen LogP contribution in [0.15, 0.2) is 47.8 Å². The number of nitrogens with zero attached hydrogens (tertiary/aromatic N) is 5. The fourth-order valence-electron chi connectivity index (χ4n) is 4.86. The number of phenols is 2. The van der Waals surface area contributed by atoms with E-state index >= 15 is 0 Å². The van der Waals surface area contributed by atoms with Gasteiger partial charge in [0.05, 0.1) is 43.8 Å². The van der Waals surface area contributed by atoms with Crippen LogP contribution in [0.1, 0.15) is 37.7 Å². The maximum absolute atomic E-state index is 14.0. The van der Waals surface area contributed by atoms with E-state index in [-0.39, 0.29) is 81.1 Å². The normalized spacial score (nSPS) is 11.5. The fraction of sp³-hybridized carbons (Fsp3) is 0.0667. The molecular formula is C30H19Cl6N8O8+. The van der Waals surface area contributed by atoms with Gasteiger partial charge in [-0.3, -0.25) is 23.7 Å². The third-order valence-electron chi connectivity index (χ3n) is 7.13. The highest BCUT2D eigenvalue weighted by molar-refractivity contribution is 6.45. The van der Waals surface area contributed by atoms with Gasteiger partial charge >= 0.3 is 11.9 Å². The van der Waals surface area contributed by atoms with Gasteiger partial charge in [-0.2, -0.15) is 5.53 Å². The van der Waals surface area contributed by atoms with Crippen molar-refractivity contribution in [3.8, 4) is 28.4 Å². The summed E-state index contributed by atoms with van der Waals surface area (Å²) in [5.41, 5.74) is 3.89. The summed E-state index contributed by atoms with van der Waals surface area (Å²) >= 11 is 38.7. The van der Waals surface area contributed by atoms with Crippen LogP contribution in [0.4, 0.5) is 0 Å². The molecule has 3 aromatic heterocycles. The highest BCUT2D eigenvalue weighted by Gasteiger charge is 2.32. The zero-order chi connectivity index (χ0) is 38.2. The van der Waals surface area contributed by atoms with Crippen LogP contribution in [0.25, 0.3) is 22.6 Å². The summed E-state index contributed by atoms with van der Waals surface area (Å²) in [7, 11) is 0. The molecule has 0 fully saturated rings. The van der Waals surface area contributed by atoms with E-state index in [1.807, 2.05) is 0 Å². The number of nitrogens with one attached hydrogen (secondary N) is 2. The first-order chi connectivity index (χ1) is 24.5. The fourth-order valence-corrected chi connectivity index (χ4v) is 6.21. The number of carboxylic acids is 2. The van der Waals surface area contributed by atoms with E-state index in [0.29, 0.717) is 0 Å². The van der Waals surface area contributed by atoms with E-state index in [9.17, 15) is 29.4 Å². The van der Waals surface area contributed by atoms with Crippen LogP contribution in [0, 0.1) is 0 Å². The summed E-state index contributed by atoms with van der Waals surface area (Å²) in [4.78, 5) is 52.5. The Morgan fingerprint density at radius 3 is 2.17 bits per heavy atom. The van der Waals surface area contributed by atoms with Gasteiger partial charge in [-0.15, -0.1) is 5.10 Å². The van der Waals surface area contributed by atoms with Gasteiger partial charge in [0.1, 0.15) is 51.3 Å². The Kier molecular flexibility index (Phi) is 11.2. The van der Waals surface area contributed by atoms with Gasteiger partial charge in [-0.25, -0.2) is 4.68 Å². The van der Waals surface area contributed by atoms with Gasteiger partial charge in [-0.05, 0) is 35.4 Å². The number of H-pyrrole nitrogens is 1. The van der Waals surface area contributed by atoms with Crippen LogP contribution in [0.2, 0.25) is 30.4 Å². The van der Waals surface area contributed by atoms with Crippen LogP contribution < -0.4 is 10.8 Å². The Morgan fingerprint density at radius 2 is 1.52 bits per heavy atom. The van der Waals surface area contributed by atoms with Gasteiger partial charge < -0.3 is 30.7 Å². The SMILES string of the molecule is [NH2+]=N/C(=C\NCC(=O)O)c1cc(O)c(C(=O)c2cc(Cl)c(Cl)n2-c2c(C(=O)c3cc(Cl)c(-c4cn(CC(=O)O)nn4)cc3O)[nH]c(Cl)c2Cl)cc1Cl. The lowest BCUT2D eigenvalue weighted by atomic mass is 10.0. The van der Waals surface area contributed by atoms with Crippen molar-refractivity contribution in [2.24, 2.45) is 5.11 Å². The summed E-state index contributed by atoms with van der Waals surface area (Å²) in [6.07, 6.45) is 2.42. The lowest BCUT2D eigenvalue weighted by Gasteiger charge is -2.14. The van der Waals surface area contributed by atoms with Crippen molar-refractivity contribution < 1.29 is 45.1 Å². The smallest absolute Gasteiger partial charge is 0.325 e. The molecule has 0 radical (unpaired) electrons. The number of hydrogen-bond donors (Lipinski definition) is 7. The molecule has 5 aromatic rings. The van der Waals surface area contributed by atoms with Crippen molar-refractivity contribution in [3.63, 3.8) is 0 Å². The number of ketones is 2.